The minimum Gasteiger partial charge on any atom is -0.229 e. The number of nitrogens with zero attached hydrogens (tertiary/aromatic N) is 1. The van der Waals surface area contributed by atoms with Crippen LogP contribution in [0.4, 0.5) is 0 Å². The third-order valence-corrected chi connectivity index (χ3v) is 10.2. The number of sulfonamides is 1. The zero-order chi connectivity index (χ0) is 17.5. The summed E-state index contributed by atoms with van der Waals surface area (Å²) in [6.45, 7) is 6.03. The van der Waals surface area contributed by atoms with Gasteiger partial charge >= 0.3 is 0 Å². The molecule has 0 bridgehead atoms. The molecule has 0 spiro atoms. The Labute approximate surface area is 141 Å². The van der Waals surface area contributed by atoms with E-state index in [4.69, 9.17) is 0 Å². The molecule has 23 heavy (non-hydrogen) atoms. The average Bonchev–Trinajstić information content (AvgIpc) is 2.42. The van der Waals surface area contributed by atoms with E-state index >= 15 is 0 Å². The van der Waals surface area contributed by atoms with Crippen LogP contribution in [-0.4, -0.2) is 50.5 Å². The predicted molar refractivity (Wildman–Crippen MR) is 93.6 cm³/mol. The fourth-order valence-corrected chi connectivity index (χ4v) is 6.73. The summed E-state index contributed by atoms with van der Waals surface area (Å²) in [5, 5.41) is 0. The van der Waals surface area contributed by atoms with E-state index in [1.807, 2.05) is 0 Å². The van der Waals surface area contributed by atoms with Gasteiger partial charge in [0.25, 0.3) is 0 Å². The molecule has 0 aromatic heterocycles. The molecule has 2 fully saturated rings. The summed E-state index contributed by atoms with van der Waals surface area (Å²) >= 11 is 0. The van der Waals surface area contributed by atoms with Gasteiger partial charge in [-0.1, -0.05) is 19.8 Å². The smallest absolute Gasteiger partial charge is 0.214 e. The van der Waals surface area contributed by atoms with Crippen molar-refractivity contribution in [2.24, 2.45) is 5.41 Å². The highest BCUT2D eigenvalue weighted by molar-refractivity contribution is 7.92. The van der Waals surface area contributed by atoms with Crippen LogP contribution < -0.4 is 0 Å². The van der Waals surface area contributed by atoms with Gasteiger partial charge in [0, 0.05) is 18.8 Å². The van der Waals surface area contributed by atoms with Crippen molar-refractivity contribution < 1.29 is 16.8 Å². The van der Waals surface area contributed by atoms with Gasteiger partial charge in [0.1, 0.15) is 0 Å². The molecule has 7 heteroatoms. The fraction of sp³-hybridized carbons (Fsp3) is 1.00. The first-order chi connectivity index (χ1) is 10.4. The van der Waals surface area contributed by atoms with Crippen LogP contribution >= 0.6 is 0 Å². The molecule has 0 aromatic carbocycles. The molecule has 1 saturated carbocycles. The summed E-state index contributed by atoms with van der Waals surface area (Å²) in [4.78, 5) is 0. The Morgan fingerprint density at radius 1 is 1.09 bits per heavy atom. The molecule has 1 aliphatic heterocycles. The Bertz CT molecular complexity index is 635. The van der Waals surface area contributed by atoms with Gasteiger partial charge in [0.05, 0.1) is 10.5 Å². The third-order valence-electron chi connectivity index (χ3n) is 6.08. The molecule has 0 aromatic rings. The molecule has 2 aliphatic rings. The van der Waals surface area contributed by atoms with Crippen LogP contribution in [0, 0.1) is 5.41 Å². The molecular formula is C16H31NO4S2. The van der Waals surface area contributed by atoms with Gasteiger partial charge in [-0.3, -0.25) is 0 Å². The molecule has 1 aliphatic carbocycles. The topological polar surface area (TPSA) is 71.5 Å². The summed E-state index contributed by atoms with van der Waals surface area (Å²) in [6, 6.07) is 0.0938. The summed E-state index contributed by atoms with van der Waals surface area (Å²) in [5.41, 5.74) is 0.0932. The summed E-state index contributed by atoms with van der Waals surface area (Å²) in [5.74, 6) is -0.0837. The Hall–Kier alpha value is -0.140. The lowest BCUT2D eigenvalue weighted by atomic mass is 9.67. The number of sulfone groups is 1. The van der Waals surface area contributed by atoms with E-state index in [0.29, 0.717) is 6.54 Å². The van der Waals surface area contributed by atoms with E-state index in [1.165, 1.54) is 12.7 Å². The molecule has 1 heterocycles. The van der Waals surface area contributed by atoms with Crippen molar-refractivity contribution in [3.05, 3.63) is 0 Å². The van der Waals surface area contributed by atoms with Crippen LogP contribution in [0.25, 0.3) is 0 Å². The largest absolute Gasteiger partial charge is 0.229 e. The summed E-state index contributed by atoms with van der Waals surface area (Å²) in [7, 11) is -6.69. The monoisotopic (exact) mass is 365 g/mol. The highest BCUT2D eigenvalue weighted by Crippen LogP contribution is 2.46. The van der Waals surface area contributed by atoms with Crippen molar-refractivity contribution in [1.29, 1.82) is 0 Å². The molecule has 0 N–H and O–H groups in total. The van der Waals surface area contributed by atoms with Crippen LogP contribution in [0.2, 0.25) is 0 Å². The molecule has 136 valence electrons. The van der Waals surface area contributed by atoms with E-state index in [0.717, 1.165) is 32.1 Å². The Kier molecular flexibility index (Phi) is 5.26. The van der Waals surface area contributed by atoms with Crippen molar-refractivity contribution in [2.75, 3.05) is 18.6 Å². The molecule has 0 amide bonds. The van der Waals surface area contributed by atoms with Crippen LogP contribution in [-0.2, 0) is 19.9 Å². The lowest BCUT2D eigenvalue weighted by Crippen LogP contribution is -2.55. The lowest BCUT2D eigenvalue weighted by Gasteiger charge is -2.50. The molecule has 5 nitrogen and oxygen atoms in total. The van der Waals surface area contributed by atoms with Gasteiger partial charge < -0.3 is 0 Å². The second-order valence-corrected chi connectivity index (χ2v) is 12.9. The minimum atomic E-state index is -3.42. The standard InChI is InChI=1S/C16H31NO4S2/c1-15(2,22(4,18)19)11-13-23(20,21)17-12-7-10-16(3)9-6-5-8-14(16)17/h14H,5-13H2,1-4H3. The van der Waals surface area contributed by atoms with Gasteiger partial charge in [-0.15, -0.1) is 0 Å². The second kappa shape index (κ2) is 6.30. The van der Waals surface area contributed by atoms with Crippen LogP contribution in [0.3, 0.4) is 0 Å². The Morgan fingerprint density at radius 3 is 2.30 bits per heavy atom. The van der Waals surface area contributed by atoms with E-state index in [2.05, 4.69) is 6.92 Å². The minimum absolute atomic E-state index is 0.0837. The Morgan fingerprint density at radius 2 is 1.70 bits per heavy atom. The second-order valence-electron chi connectivity index (χ2n) is 8.23. The van der Waals surface area contributed by atoms with Crippen molar-refractivity contribution in [2.45, 2.75) is 76.5 Å². The molecule has 0 radical (unpaired) electrons. The van der Waals surface area contributed by atoms with Crippen molar-refractivity contribution >= 4 is 19.9 Å². The van der Waals surface area contributed by atoms with Crippen molar-refractivity contribution in [1.82, 2.24) is 4.31 Å². The van der Waals surface area contributed by atoms with Gasteiger partial charge in [-0.2, -0.15) is 4.31 Å². The summed E-state index contributed by atoms with van der Waals surface area (Å²) in [6.07, 6.45) is 7.62. The fourth-order valence-electron chi connectivity index (χ4n) is 3.97. The van der Waals surface area contributed by atoms with Crippen LogP contribution in [0.1, 0.15) is 65.7 Å². The molecule has 2 unspecified atom stereocenters. The van der Waals surface area contributed by atoms with Crippen molar-refractivity contribution in [3.63, 3.8) is 0 Å². The number of rotatable bonds is 5. The van der Waals surface area contributed by atoms with Crippen molar-refractivity contribution in [3.8, 4) is 0 Å². The third kappa shape index (κ3) is 3.93. The van der Waals surface area contributed by atoms with E-state index < -0.39 is 24.6 Å². The van der Waals surface area contributed by atoms with Gasteiger partial charge in [-0.05, 0) is 51.4 Å². The summed E-state index contributed by atoms with van der Waals surface area (Å²) < 4.78 is 50.1. The molecule has 2 rings (SSSR count). The maximum atomic E-state index is 12.9. The quantitative estimate of drug-likeness (QED) is 0.751. The first-order valence-electron chi connectivity index (χ1n) is 8.58. The first kappa shape index (κ1) is 19.2. The Balaban J connectivity index is 2.16. The van der Waals surface area contributed by atoms with Crippen LogP contribution in [0.5, 0.6) is 0 Å². The van der Waals surface area contributed by atoms with E-state index in [-0.39, 0.29) is 23.6 Å². The number of hydrogen-bond donors (Lipinski definition) is 0. The van der Waals surface area contributed by atoms with E-state index in [9.17, 15) is 16.8 Å². The van der Waals surface area contributed by atoms with Gasteiger partial charge in [0.2, 0.25) is 10.0 Å². The first-order valence-corrected chi connectivity index (χ1v) is 12.1. The highest BCUT2D eigenvalue weighted by atomic mass is 32.2. The van der Waals surface area contributed by atoms with Gasteiger partial charge in [0.15, 0.2) is 9.84 Å². The molecule has 2 atom stereocenters. The van der Waals surface area contributed by atoms with Crippen LogP contribution in [0.15, 0.2) is 0 Å². The predicted octanol–water partition coefficient (Wildman–Crippen LogP) is 2.57. The normalized spacial score (nSPS) is 30.9. The maximum Gasteiger partial charge on any atom is 0.214 e. The molecular weight excluding hydrogens is 334 g/mol. The van der Waals surface area contributed by atoms with E-state index in [1.54, 1.807) is 18.2 Å². The SMILES string of the molecule is CC12CCCCC1N(S(=O)(=O)CCC(C)(C)S(C)(=O)=O)CCC2. The molecule has 1 saturated heterocycles. The number of hydrogen-bond acceptors (Lipinski definition) is 4. The maximum absolute atomic E-state index is 12.9. The zero-order valence-corrected chi connectivity index (χ0v) is 16.5. The number of piperidine rings is 1. The number of fused-ring (bicyclic) bond motifs is 1. The van der Waals surface area contributed by atoms with Gasteiger partial charge in [-0.25, -0.2) is 16.8 Å². The average molecular weight is 366 g/mol. The highest BCUT2D eigenvalue weighted by Gasteiger charge is 2.46. The zero-order valence-electron chi connectivity index (χ0n) is 14.8. The lowest BCUT2D eigenvalue weighted by molar-refractivity contribution is 0.0430.